The smallest absolute Gasteiger partial charge is 0.333 e. The molecule has 1 aromatic rings. The van der Waals surface area contributed by atoms with E-state index in [9.17, 15) is 10.1 Å². The molecule has 1 saturated heterocycles. The van der Waals surface area contributed by atoms with E-state index in [4.69, 9.17) is 4.74 Å². The lowest BCUT2D eigenvalue weighted by Gasteiger charge is -2.34. The summed E-state index contributed by atoms with van der Waals surface area (Å²) in [4.78, 5) is 10.8. The van der Waals surface area contributed by atoms with Crippen LogP contribution in [-0.4, -0.2) is 31.7 Å². The molecule has 0 bridgehead atoms. The summed E-state index contributed by atoms with van der Waals surface area (Å²) in [5.74, 6) is 0.284. The molecule has 1 aromatic carbocycles. The number of nitro groups is 1. The lowest BCUT2D eigenvalue weighted by molar-refractivity contribution is -0.384. The largest absolute Gasteiger partial charge is 0.490 e. The van der Waals surface area contributed by atoms with Crippen LogP contribution in [0, 0.1) is 15.5 Å². The molecule has 6 heteroatoms. The van der Waals surface area contributed by atoms with Gasteiger partial charge in [0.1, 0.15) is 5.69 Å². The number of nitro benzene ring substituents is 1. The van der Waals surface area contributed by atoms with Crippen LogP contribution in [0.5, 0.6) is 5.75 Å². The maximum absolute atomic E-state index is 11.2. The summed E-state index contributed by atoms with van der Waals surface area (Å²) in [6.07, 6.45) is 2.25. The fraction of sp³-hybridized carbons (Fsp3) is 0.571. The average molecular weight is 279 g/mol. The SMILES string of the molecule is COc1cccc(NCC2(C)CCCNC2)c1[N+](=O)[O-]. The molecular weight excluding hydrogens is 258 g/mol. The standard InChI is InChI=1S/C14H21N3O3/c1-14(7-4-8-15-9-14)10-16-11-5-3-6-12(20-2)13(11)17(18)19/h3,5-6,15-16H,4,7-10H2,1-2H3. The van der Waals surface area contributed by atoms with Crippen molar-refractivity contribution in [2.75, 3.05) is 32.1 Å². The molecule has 2 rings (SSSR count). The molecule has 0 radical (unpaired) electrons. The first kappa shape index (κ1) is 14.6. The Morgan fingerprint density at radius 1 is 1.55 bits per heavy atom. The third kappa shape index (κ3) is 3.19. The van der Waals surface area contributed by atoms with Crippen molar-refractivity contribution in [1.82, 2.24) is 5.32 Å². The first-order valence-corrected chi connectivity index (χ1v) is 6.82. The summed E-state index contributed by atoms with van der Waals surface area (Å²) in [5.41, 5.74) is 0.637. The number of nitrogens with zero attached hydrogens (tertiary/aromatic N) is 1. The summed E-state index contributed by atoms with van der Waals surface area (Å²) in [5, 5.41) is 17.8. The summed E-state index contributed by atoms with van der Waals surface area (Å²) >= 11 is 0. The molecule has 1 atom stereocenters. The number of para-hydroxylation sites is 1. The van der Waals surface area contributed by atoms with Gasteiger partial charge in [-0.1, -0.05) is 13.0 Å². The van der Waals surface area contributed by atoms with Crippen LogP contribution in [0.15, 0.2) is 18.2 Å². The van der Waals surface area contributed by atoms with E-state index in [0.717, 1.165) is 25.9 Å². The molecule has 6 nitrogen and oxygen atoms in total. The number of piperidine rings is 1. The first-order chi connectivity index (χ1) is 9.56. The maximum atomic E-state index is 11.2. The molecule has 1 aliphatic rings. The van der Waals surface area contributed by atoms with E-state index >= 15 is 0 Å². The van der Waals surface area contributed by atoms with Crippen molar-refractivity contribution in [3.05, 3.63) is 28.3 Å². The van der Waals surface area contributed by atoms with Crippen LogP contribution in [0.25, 0.3) is 0 Å². The number of rotatable bonds is 5. The van der Waals surface area contributed by atoms with E-state index in [1.807, 2.05) is 0 Å². The predicted octanol–water partition coefficient (Wildman–Crippen LogP) is 2.41. The minimum atomic E-state index is -0.400. The minimum absolute atomic E-state index is 0.00219. The number of ether oxygens (including phenoxy) is 1. The minimum Gasteiger partial charge on any atom is -0.490 e. The number of anilines is 1. The number of benzene rings is 1. The van der Waals surface area contributed by atoms with Crippen LogP contribution in [0.2, 0.25) is 0 Å². The molecule has 20 heavy (non-hydrogen) atoms. The van der Waals surface area contributed by atoms with Crippen LogP contribution in [0.4, 0.5) is 11.4 Å². The van der Waals surface area contributed by atoms with Gasteiger partial charge in [-0.05, 0) is 36.9 Å². The zero-order valence-electron chi connectivity index (χ0n) is 11.9. The summed E-state index contributed by atoms with van der Waals surface area (Å²) < 4.78 is 5.07. The molecule has 0 aromatic heterocycles. The van der Waals surface area contributed by atoms with E-state index in [2.05, 4.69) is 17.6 Å². The average Bonchev–Trinajstić information content (AvgIpc) is 2.45. The monoisotopic (exact) mass is 279 g/mol. The molecule has 0 saturated carbocycles. The predicted molar refractivity (Wildman–Crippen MR) is 78.3 cm³/mol. The number of methoxy groups -OCH3 is 1. The fourth-order valence-corrected chi connectivity index (χ4v) is 2.60. The highest BCUT2D eigenvalue weighted by Gasteiger charge is 2.28. The van der Waals surface area contributed by atoms with Gasteiger partial charge in [-0.2, -0.15) is 0 Å². The van der Waals surface area contributed by atoms with Gasteiger partial charge in [0, 0.05) is 13.1 Å². The van der Waals surface area contributed by atoms with Gasteiger partial charge < -0.3 is 15.4 Å². The summed E-state index contributed by atoms with van der Waals surface area (Å²) in [6.45, 7) is 4.87. The van der Waals surface area contributed by atoms with E-state index in [-0.39, 0.29) is 16.9 Å². The summed E-state index contributed by atoms with van der Waals surface area (Å²) in [6, 6.07) is 5.09. The third-order valence-electron chi connectivity index (χ3n) is 3.79. The van der Waals surface area contributed by atoms with E-state index < -0.39 is 4.92 Å². The molecule has 1 aliphatic heterocycles. The van der Waals surface area contributed by atoms with Gasteiger partial charge in [-0.3, -0.25) is 10.1 Å². The molecule has 1 unspecified atom stereocenters. The number of hydrogen-bond acceptors (Lipinski definition) is 5. The topological polar surface area (TPSA) is 76.4 Å². The Bertz CT molecular complexity index is 485. The number of nitrogens with one attached hydrogen (secondary N) is 2. The van der Waals surface area contributed by atoms with E-state index in [1.165, 1.54) is 7.11 Å². The van der Waals surface area contributed by atoms with Crippen molar-refractivity contribution in [2.24, 2.45) is 5.41 Å². The molecule has 0 amide bonds. The van der Waals surface area contributed by atoms with Crippen molar-refractivity contribution >= 4 is 11.4 Å². The van der Waals surface area contributed by atoms with Gasteiger partial charge in [0.2, 0.25) is 0 Å². The highest BCUT2D eigenvalue weighted by Crippen LogP contribution is 2.35. The van der Waals surface area contributed by atoms with Crippen molar-refractivity contribution in [2.45, 2.75) is 19.8 Å². The third-order valence-corrected chi connectivity index (χ3v) is 3.79. The zero-order valence-corrected chi connectivity index (χ0v) is 11.9. The van der Waals surface area contributed by atoms with Gasteiger partial charge in [-0.15, -0.1) is 0 Å². The highest BCUT2D eigenvalue weighted by molar-refractivity contribution is 5.68. The second-order valence-corrected chi connectivity index (χ2v) is 5.56. The first-order valence-electron chi connectivity index (χ1n) is 6.82. The molecule has 1 fully saturated rings. The van der Waals surface area contributed by atoms with E-state index in [1.54, 1.807) is 18.2 Å². The fourth-order valence-electron chi connectivity index (χ4n) is 2.60. The van der Waals surface area contributed by atoms with Crippen molar-refractivity contribution in [3.63, 3.8) is 0 Å². The Balaban J connectivity index is 2.14. The lowest BCUT2D eigenvalue weighted by Crippen LogP contribution is -2.42. The van der Waals surface area contributed by atoms with Gasteiger partial charge in [0.15, 0.2) is 5.75 Å². The van der Waals surface area contributed by atoms with Crippen LogP contribution < -0.4 is 15.4 Å². The second-order valence-electron chi connectivity index (χ2n) is 5.56. The van der Waals surface area contributed by atoms with Crippen LogP contribution in [0.3, 0.4) is 0 Å². The Kier molecular flexibility index (Phi) is 4.44. The van der Waals surface area contributed by atoms with Crippen molar-refractivity contribution < 1.29 is 9.66 Å². The van der Waals surface area contributed by atoms with Gasteiger partial charge in [0.25, 0.3) is 0 Å². The highest BCUT2D eigenvalue weighted by atomic mass is 16.6. The second kappa shape index (κ2) is 6.09. The zero-order chi connectivity index (χ0) is 14.6. The Hall–Kier alpha value is -1.82. The quantitative estimate of drug-likeness (QED) is 0.639. The summed E-state index contributed by atoms with van der Waals surface area (Å²) in [7, 11) is 1.44. The lowest BCUT2D eigenvalue weighted by atomic mass is 9.83. The Morgan fingerprint density at radius 2 is 2.35 bits per heavy atom. The number of hydrogen-bond donors (Lipinski definition) is 2. The van der Waals surface area contributed by atoms with Crippen LogP contribution >= 0.6 is 0 Å². The Labute approximate surface area is 118 Å². The van der Waals surface area contributed by atoms with Crippen molar-refractivity contribution in [1.29, 1.82) is 0 Å². The van der Waals surface area contributed by atoms with Crippen LogP contribution in [0.1, 0.15) is 19.8 Å². The Morgan fingerprint density at radius 3 is 2.95 bits per heavy atom. The van der Waals surface area contributed by atoms with Gasteiger partial charge >= 0.3 is 5.69 Å². The van der Waals surface area contributed by atoms with Crippen molar-refractivity contribution in [3.8, 4) is 5.75 Å². The molecule has 110 valence electrons. The molecular formula is C14H21N3O3. The van der Waals surface area contributed by atoms with Gasteiger partial charge in [0.05, 0.1) is 12.0 Å². The molecule has 2 N–H and O–H groups in total. The van der Waals surface area contributed by atoms with E-state index in [0.29, 0.717) is 12.2 Å². The normalized spacial score (nSPS) is 22.3. The molecule has 0 spiro atoms. The molecule has 1 heterocycles. The molecule has 0 aliphatic carbocycles. The van der Waals surface area contributed by atoms with Crippen LogP contribution in [-0.2, 0) is 0 Å². The maximum Gasteiger partial charge on any atom is 0.333 e. The van der Waals surface area contributed by atoms with Gasteiger partial charge in [-0.25, -0.2) is 0 Å².